The van der Waals surface area contributed by atoms with Crippen LogP contribution in [-0.2, 0) is 11.3 Å². The standard InChI is InChI=1S/C16H23ClN2O/c1-2-3-4-16(20)19-11-9-18(10-12-19)13-14-5-7-15(17)8-6-14/h5-8H,2-4,9-13H2,1H3. The first-order valence-electron chi connectivity index (χ1n) is 7.43. The van der Waals surface area contributed by atoms with E-state index in [-0.39, 0.29) is 0 Å². The largest absolute Gasteiger partial charge is 0.340 e. The fraction of sp³-hybridized carbons (Fsp3) is 0.562. The van der Waals surface area contributed by atoms with Gasteiger partial charge in [-0.25, -0.2) is 0 Å². The Bertz CT molecular complexity index is 425. The number of unbranched alkanes of at least 4 members (excludes halogenated alkanes) is 1. The zero-order valence-electron chi connectivity index (χ0n) is 12.1. The molecule has 1 amide bonds. The van der Waals surface area contributed by atoms with Gasteiger partial charge >= 0.3 is 0 Å². The highest BCUT2D eigenvalue weighted by molar-refractivity contribution is 6.30. The van der Waals surface area contributed by atoms with Crippen molar-refractivity contribution >= 4 is 17.5 Å². The van der Waals surface area contributed by atoms with Gasteiger partial charge in [-0.05, 0) is 24.1 Å². The molecule has 4 heteroatoms. The molecule has 0 bridgehead atoms. The smallest absolute Gasteiger partial charge is 0.222 e. The van der Waals surface area contributed by atoms with Crippen LogP contribution in [0.1, 0.15) is 31.7 Å². The quantitative estimate of drug-likeness (QED) is 0.833. The lowest BCUT2D eigenvalue weighted by Crippen LogP contribution is -2.48. The predicted molar refractivity (Wildman–Crippen MR) is 82.8 cm³/mol. The van der Waals surface area contributed by atoms with Crippen LogP contribution < -0.4 is 0 Å². The van der Waals surface area contributed by atoms with E-state index < -0.39 is 0 Å². The summed E-state index contributed by atoms with van der Waals surface area (Å²) >= 11 is 5.89. The van der Waals surface area contributed by atoms with Crippen molar-refractivity contribution in [2.75, 3.05) is 26.2 Å². The maximum Gasteiger partial charge on any atom is 0.222 e. The summed E-state index contributed by atoms with van der Waals surface area (Å²) in [6.07, 6.45) is 2.79. The van der Waals surface area contributed by atoms with Crippen LogP contribution in [0, 0.1) is 0 Å². The zero-order valence-corrected chi connectivity index (χ0v) is 12.9. The summed E-state index contributed by atoms with van der Waals surface area (Å²) in [4.78, 5) is 16.4. The van der Waals surface area contributed by atoms with Crippen molar-refractivity contribution in [2.45, 2.75) is 32.7 Å². The van der Waals surface area contributed by atoms with Crippen LogP contribution in [0.15, 0.2) is 24.3 Å². The lowest BCUT2D eigenvalue weighted by Gasteiger charge is -2.34. The number of nitrogens with zero attached hydrogens (tertiary/aromatic N) is 2. The third-order valence-electron chi connectivity index (χ3n) is 3.79. The van der Waals surface area contributed by atoms with Crippen LogP contribution >= 0.6 is 11.6 Å². The molecule has 2 rings (SSSR count). The Morgan fingerprint density at radius 3 is 2.40 bits per heavy atom. The van der Waals surface area contributed by atoms with Crippen molar-refractivity contribution in [1.82, 2.24) is 9.80 Å². The summed E-state index contributed by atoms with van der Waals surface area (Å²) in [6, 6.07) is 8.01. The van der Waals surface area contributed by atoms with Gasteiger partial charge in [-0.1, -0.05) is 37.1 Å². The molecule has 20 heavy (non-hydrogen) atoms. The number of hydrogen-bond acceptors (Lipinski definition) is 2. The lowest BCUT2D eigenvalue weighted by atomic mass is 10.2. The van der Waals surface area contributed by atoms with Crippen molar-refractivity contribution in [3.8, 4) is 0 Å². The predicted octanol–water partition coefficient (Wildman–Crippen LogP) is 3.17. The molecule has 1 aromatic carbocycles. The zero-order chi connectivity index (χ0) is 14.4. The van der Waals surface area contributed by atoms with Gasteiger partial charge in [0.15, 0.2) is 0 Å². The van der Waals surface area contributed by atoms with Crippen molar-refractivity contribution in [1.29, 1.82) is 0 Å². The van der Waals surface area contributed by atoms with Gasteiger partial charge < -0.3 is 4.90 Å². The van der Waals surface area contributed by atoms with Crippen molar-refractivity contribution in [2.24, 2.45) is 0 Å². The van der Waals surface area contributed by atoms with Gasteiger partial charge in [-0.3, -0.25) is 9.69 Å². The van der Waals surface area contributed by atoms with Crippen LogP contribution in [0.2, 0.25) is 5.02 Å². The Labute approximate surface area is 126 Å². The van der Waals surface area contributed by atoms with Crippen molar-refractivity contribution < 1.29 is 4.79 Å². The normalized spacial score (nSPS) is 16.4. The summed E-state index contributed by atoms with van der Waals surface area (Å²) in [5.41, 5.74) is 1.28. The second-order valence-corrected chi connectivity index (χ2v) is 5.82. The minimum absolute atomic E-state index is 0.318. The summed E-state index contributed by atoms with van der Waals surface area (Å²) < 4.78 is 0. The van der Waals surface area contributed by atoms with Gasteiger partial charge in [0, 0.05) is 44.2 Å². The summed E-state index contributed by atoms with van der Waals surface area (Å²) in [7, 11) is 0. The van der Waals surface area contributed by atoms with E-state index in [1.165, 1.54) is 5.56 Å². The number of piperazine rings is 1. The van der Waals surface area contributed by atoms with E-state index in [1.807, 2.05) is 17.0 Å². The molecule has 1 aliphatic heterocycles. The van der Waals surface area contributed by atoms with Crippen LogP contribution in [-0.4, -0.2) is 41.9 Å². The maximum absolute atomic E-state index is 12.0. The third kappa shape index (κ3) is 4.50. The molecule has 0 aromatic heterocycles. The topological polar surface area (TPSA) is 23.6 Å². The van der Waals surface area contributed by atoms with E-state index in [4.69, 9.17) is 11.6 Å². The molecule has 0 atom stereocenters. The Morgan fingerprint density at radius 2 is 1.80 bits per heavy atom. The van der Waals surface area contributed by atoms with E-state index in [2.05, 4.69) is 24.0 Å². The van der Waals surface area contributed by atoms with Crippen LogP contribution in [0.4, 0.5) is 0 Å². The Hall–Kier alpha value is -1.06. The molecule has 110 valence electrons. The van der Waals surface area contributed by atoms with Gasteiger partial charge in [0.05, 0.1) is 0 Å². The molecule has 1 fully saturated rings. The second kappa shape index (κ2) is 7.65. The van der Waals surface area contributed by atoms with Crippen LogP contribution in [0.5, 0.6) is 0 Å². The minimum Gasteiger partial charge on any atom is -0.340 e. The molecule has 1 aromatic rings. The highest BCUT2D eigenvalue weighted by Crippen LogP contribution is 2.13. The molecule has 0 unspecified atom stereocenters. The lowest BCUT2D eigenvalue weighted by molar-refractivity contribution is -0.133. The van der Waals surface area contributed by atoms with E-state index >= 15 is 0 Å². The summed E-state index contributed by atoms with van der Waals surface area (Å²) in [6.45, 7) is 6.69. The highest BCUT2D eigenvalue weighted by atomic mass is 35.5. The molecular formula is C16H23ClN2O. The number of hydrogen-bond donors (Lipinski definition) is 0. The SMILES string of the molecule is CCCCC(=O)N1CCN(Cc2ccc(Cl)cc2)CC1. The van der Waals surface area contributed by atoms with E-state index in [1.54, 1.807) is 0 Å². The Kier molecular flexibility index (Phi) is 5.86. The molecule has 0 aliphatic carbocycles. The average Bonchev–Trinajstić information content (AvgIpc) is 2.48. The number of rotatable bonds is 5. The first-order chi connectivity index (χ1) is 9.69. The van der Waals surface area contributed by atoms with Crippen molar-refractivity contribution in [3.63, 3.8) is 0 Å². The minimum atomic E-state index is 0.318. The average molecular weight is 295 g/mol. The fourth-order valence-electron chi connectivity index (χ4n) is 2.49. The van der Waals surface area contributed by atoms with Crippen LogP contribution in [0.3, 0.4) is 0 Å². The first-order valence-corrected chi connectivity index (χ1v) is 7.81. The molecule has 0 saturated carbocycles. The maximum atomic E-state index is 12.0. The fourth-order valence-corrected chi connectivity index (χ4v) is 2.62. The molecule has 0 spiro atoms. The van der Waals surface area contributed by atoms with E-state index in [0.29, 0.717) is 12.3 Å². The van der Waals surface area contributed by atoms with Gasteiger partial charge in [0.2, 0.25) is 5.91 Å². The van der Waals surface area contributed by atoms with E-state index in [9.17, 15) is 4.79 Å². The molecule has 0 N–H and O–H groups in total. The van der Waals surface area contributed by atoms with Crippen LogP contribution in [0.25, 0.3) is 0 Å². The van der Waals surface area contributed by atoms with Gasteiger partial charge in [-0.15, -0.1) is 0 Å². The second-order valence-electron chi connectivity index (χ2n) is 5.39. The number of carbonyl (C=O) groups is 1. The van der Waals surface area contributed by atoms with Gasteiger partial charge in [0.1, 0.15) is 0 Å². The molecular weight excluding hydrogens is 272 g/mol. The van der Waals surface area contributed by atoms with Crippen molar-refractivity contribution in [3.05, 3.63) is 34.9 Å². The first kappa shape index (κ1) is 15.3. The highest BCUT2D eigenvalue weighted by Gasteiger charge is 2.20. The third-order valence-corrected chi connectivity index (χ3v) is 4.04. The van der Waals surface area contributed by atoms with Gasteiger partial charge in [0.25, 0.3) is 0 Å². The number of halogens is 1. The number of benzene rings is 1. The Morgan fingerprint density at radius 1 is 1.15 bits per heavy atom. The molecule has 1 saturated heterocycles. The monoisotopic (exact) mass is 294 g/mol. The molecule has 0 radical (unpaired) electrons. The summed E-state index contributed by atoms with van der Waals surface area (Å²) in [5, 5.41) is 0.778. The Balaban J connectivity index is 1.76. The summed E-state index contributed by atoms with van der Waals surface area (Å²) in [5.74, 6) is 0.318. The molecule has 1 aliphatic rings. The van der Waals surface area contributed by atoms with Gasteiger partial charge in [-0.2, -0.15) is 0 Å². The molecule has 1 heterocycles. The number of amides is 1. The molecule has 3 nitrogen and oxygen atoms in total. The number of carbonyl (C=O) groups excluding carboxylic acids is 1. The van der Waals surface area contributed by atoms with E-state index in [0.717, 1.165) is 50.6 Å².